The van der Waals surface area contributed by atoms with Gasteiger partial charge in [0.25, 0.3) is 0 Å². The third-order valence-corrected chi connectivity index (χ3v) is 1.70. The van der Waals surface area contributed by atoms with Crippen LogP contribution in [0.4, 0.5) is 0 Å². The highest BCUT2D eigenvalue weighted by Crippen LogP contribution is 2.09. The van der Waals surface area contributed by atoms with E-state index in [0.717, 1.165) is 19.5 Å². The lowest BCUT2D eigenvalue weighted by atomic mass is 10.1. The van der Waals surface area contributed by atoms with Gasteiger partial charge in [0.1, 0.15) is 6.23 Å². The first-order valence-electron chi connectivity index (χ1n) is 3.87. The molecule has 2 atom stereocenters. The van der Waals surface area contributed by atoms with Crippen molar-refractivity contribution in [3.05, 3.63) is 0 Å². The predicted octanol–water partition coefficient (Wildman–Crippen LogP) is -0.556. The Hall–Kier alpha value is -0.610. The lowest BCUT2D eigenvalue weighted by Gasteiger charge is -2.11. The van der Waals surface area contributed by atoms with Gasteiger partial charge < -0.3 is 10.1 Å². The first-order chi connectivity index (χ1) is 5.20. The third-order valence-electron chi connectivity index (χ3n) is 1.70. The first kappa shape index (κ1) is 8.49. The minimum absolute atomic E-state index is 0.0148. The highest BCUT2D eigenvalue weighted by atomic mass is 16.6. The van der Waals surface area contributed by atoms with Crippen LogP contribution in [0.15, 0.2) is 0 Å². The van der Waals surface area contributed by atoms with Gasteiger partial charge in [0.05, 0.1) is 5.92 Å². The molecule has 1 rings (SSSR count). The summed E-state index contributed by atoms with van der Waals surface area (Å²) in [6.45, 7) is 3.28. The summed E-state index contributed by atoms with van der Waals surface area (Å²) in [6, 6.07) is 0. The summed E-state index contributed by atoms with van der Waals surface area (Å²) in [7, 11) is 0. The summed E-state index contributed by atoms with van der Waals surface area (Å²) >= 11 is 0. The van der Waals surface area contributed by atoms with Crippen molar-refractivity contribution in [3.63, 3.8) is 0 Å². The number of rotatable bonds is 2. The van der Waals surface area contributed by atoms with Crippen molar-refractivity contribution in [3.8, 4) is 0 Å². The van der Waals surface area contributed by atoms with E-state index in [0.29, 0.717) is 0 Å². The van der Waals surface area contributed by atoms with Gasteiger partial charge in [-0.2, -0.15) is 0 Å². The molecule has 1 fully saturated rings. The Morgan fingerprint density at radius 3 is 3.00 bits per heavy atom. The molecule has 0 aromatic heterocycles. The maximum Gasteiger partial charge on any atom is 0.311 e. The Labute approximate surface area is 66.1 Å². The Bertz CT molecular complexity index is 141. The Kier molecular flexibility index (Phi) is 2.84. The second-order valence-electron chi connectivity index (χ2n) is 2.83. The Morgan fingerprint density at radius 1 is 1.82 bits per heavy atom. The van der Waals surface area contributed by atoms with Gasteiger partial charge >= 0.3 is 5.97 Å². The van der Waals surface area contributed by atoms with Crippen LogP contribution in [0.3, 0.4) is 0 Å². The van der Waals surface area contributed by atoms with E-state index >= 15 is 0 Å². The molecule has 1 aliphatic heterocycles. The maximum atomic E-state index is 11.1. The molecule has 0 radical (unpaired) electrons. The number of ether oxygens (including phenoxy) is 1. The molecule has 4 nitrogen and oxygen atoms in total. The maximum absolute atomic E-state index is 11.1. The van der Waals surface area contributed by atoms with Crippen LogP contribution in [0.25, 0.3) is 0 Å². The topological polar surface area (TPSA) is 64.3 Å². The van der Waals surface area contributed by atoms with Crippen LogP contribution < -0.4 is 11.1 Å². The average molecular weight is 158 g/mol. The molecule has 11 heavy (non-hydrogen) atoms. The van der Waals surface area contributed by atoms with E-state index in [-0.39, 0.29) is 11.9 Å². The van der Waals surface area contributed by atoms with E-state index in [4.69, 9.17) is 10.5 Å². The lowest BCUT2D eigenvalue weighted by molar-refractivity contribution is -0.152. The zero-order valence-corrected chi connectivity index (χ0v) is 6.67. The fourth-order valence-electron chi connectivity index (χ4n) is 1.14. The van der Waals surface area contributed by atoms with Crippen LogP contribution >= 0.6 is 0 Å². The van der Waals surface area contributed by atoms with Crippen LogP contribution in [0.1, 0.15) is 13.3 Å². The molecule has 0 saturated carbocycles. The van der Waals surface area contributed by atoms with Crippen molar-refractivity contribution >= 4 is 5.97 Å². The molecule has 0 bridgehead atoms. The van der Waals surface area contributed by atoms with Gasteiger partial charge in [0.15, 0.2) is 0 Å². The van der Waals surface area contributed by atoms with E-state index in [2.05, 4.69) is 5.32 Å². The molecule has 2 unspecified atom stereocenters. The quantitative estimate of drug-likeness (QED) is 0.418. The molecule has 0 aromatic rings. The van der Waals surface area contributed by atoms with Crippen LogP contribution in [0, 0.1) is 5.92 Å². The summed E-state index contributed by atoms with van der Waals surface area (Å²) in [4.78, 5) is 11.1. The average Bonchev–Trinajstić information content (AvgIpc) is 2.35. The number of hydrogen-bond acceptors (Lipinski definition) is 4. The number of carbonyl (C=O) groups is 1. The molecule has 1 heterocycles. The predicted molar refractivity (Wildman–Crippen MR) is 40.7 cm³/mol. The summed E-state index contributed by atoms with van der Waals surface area (Å²) in [5.74, 6) is -0.161. The van der Waals surface area contributed by atoms with Crippen LogP contribution in [0.2, 0.25) is 0 Å². The number of hydrogen-bond donors (Lipinski definition) is 2. The van der Waals surface area contributed by atoms with Gasteiger partial charge in [-0.3, -0.25) is 10.5 Å². The van der Waals surface area contributed by atoms with Gasteiger partial charge in [-0.1, -0.05) is 0 Å². The Balaban J connectivity index is 2.28. The molecule has 1 aliphatic rings. The zero-order chi connectivity index (χ0) is 8.27. The van der Waals surface area contributed by atoms with Crippen molar-refractivity contribution in [1.82, 2.24) is 5.32 Å². The van der Waals surface area contributed by atoms with E-state index in [9.17, 15) is 4.79 Å². The van der Waals surface area contributed by atoms with Gasteiger partial charge in [0.2, 0.25) is 0 Å². The molecule has 3 N–H and O–H groups in total. The fraction of sp³-hybridized carbons (Fsp3) is 0.857. The molecule has 64 valence electrons. The molecular formula is C7H14N2O2. The van der Waals surface area contributed by atoms with E-state index < -0.39 is 6.23 Å². The van der Waals surface area contributed by atoms with E-state index in [1.807, 2.05) is 0 Å². The van der Waals surface area contributed by atoms with Crippen molar-refractivity contribution in [2.75, 3.05) is 13.1 Å². The normalized spacial score (nSPS) is 26.5. The standard InChI is InChI=1S/C7H14N2O2/c1-5(8)11-7(10)6-2-3-9-4-6/h5-6,9H,2-4,8H2,1H3. The van der Waals surface area contributed by atoms with Crippen molar-refractivity contribution in [1.29, 1.82) is 0 Å². The van der Waals surface area contributed by atoms with Crippen molar-refractivity contribution < 1.29 is 9.53 Å². The van der Waals surface area contributed by atoms with E-state index in [1.165, 1.54) is 0 Å². The van der Waals surface area contributed by atoms with E-state index in [1.54, 1.807) is 6.92 Å². The van der Waals surface area contributed by atoms with Crippen LogP contribution in [-0.4, -0.2) is 25.3 Å². The van der Waals surface area contributed by atoms with Gasteiger partial charge in [-0.05, 0) is 19.9 Å². The fourth-order valence-corrected chi connectivity index (χ4v) is 1.14. The van der Waals surface area contributed by atoms with Crippen LogP contribution in [0.5, 0.6) is 0 Å². The lowest BCUT2D eigenvalue weighted by Crippen LogP contribution is -2.28. The monoisotopic (exact) mass is 158 g/mol. The summed E-state index contributed by atoms with van der Waals surface area (Å²) < 4.78 is 4.83. The molecular weight excluding hydrogens is 144 g/mol. The minimum atomic E-state index is -0.483. The molecule has 1 saturated heterocycles. The zero-order valence-electron chi connectivity index (χ0n) is 6.67. The molecule has 0 amide bonds. The number of esters is 1. The summed E-state index contributed by atoms with van der Waals surface area (Å²) in [5, 5.41) is 3.08. The largest absolute Gasteiger partial charge is 0.447 e. The number of nitrogens with one attached hydrogen (secondary N) is 1. The summed E-state index contributed by atoms with van der Waals surface area (Å²) in [6.07, 6.45) is 0.383. The molecule has 0 spiro atoms. The number of carbonyl (C=O) groups excluding carboxylic acids is 1. The minimum Gasteiger partial charge on any atom is -0.447 e. The second-order valence-corrected chi connectivity index (χ2v) is 2.83. The van der Waals surface area contributed by atoms with Crippen LogP contribution in [-0.2, 0) is 9.53 Å². The second kappa shape index (κ2) is 3.69. The van der Waals surface area contributed by atoms with Gasteiger partial charge in [0, 0.05) is 6.54 Å². The third kappa shape index (κ3) is 2.48. The molecule has 4 heteroatoms. The highest BCUT2D eigenvalue weighted by Gasteiger charge is 2.24. The smallest absolute Gasteiger partial charge is 0.311 e. The molecule has 0 aliphatic carbocycles. The SMILES string of the molecule is CC(N)OC(=O)C1CCNC1. The highest BCUT2D eigenvalue weighted by molar-refractivity contribution is 5.73. The van der Waals surface area contributed by atoms with Gasteiger partial charge in [-0.25, -0.2) is 0 Å². The molecule has 0 aromatic carbocycles. The van der Waals surface area contributed by atoms with Crippen molar-refractivity contribution in [2.45, 2.75) is 19.6 Å². The Morgan fingerprint density at radius 2 is 2.55 bits per heavy atom. The van der Waals surface area contributed by atoms with Crippen molar-refractivity contribution in [2.24, 2.45) is 11.7 Å². The summed E-state index contributed by atoms with van der Waals surface area (Å²) in [5.41, 5.74) is 5.30. The number of nitrogens with two attached hydrogens (primary N) is 1. The first-order valence-corrected chi connectivity index (χ1v) is 3.87. The van der Waals surface area contributed by atoms with Gasteiger partial charge in [-0.15, -0.1) is 0 Å².